The monoisotopic (exact) mass is 286 g/mol. The first-order valence-corrected chi connectivity index (χ1v) is 6.73. The summed E-state index contributed by atoms with van der Waals surface area (Å²) in [6, 6.07) is 13.6. The molecule has 0 saturated carbocycles. The van der Waals surface area contributed by atoms with Gasteiger partial charge in [-0.25, -0.2) is 0 Å². The lowest BCUT2D eigenvalue weighted by Gasteiger charge is -2.08. The SMILES string of the molecule is COc1ccc(C(N)=C2CNc3cc(Cl)ccc32)cc1. The number of nitrogens with one attached hydrogen (secondary N) is 1. The fourth-order valence-electron chi connectivity index (χ4n) is 2.39. The molecule has 0 aromatic heterocycles. The lowest BCUT2D eigenvalue weighted by molar-refractivity contribution is 0.415. The van der Waals surface area contributed by atoms with Crippen molar-refractivity contribution in [1.29, 1.82) is 0 Å². The highest BCUT2D eigenvalue weighted by Crippen LogP contribution is 2.35. The first kappa shape index (κ1) is 12.9. The number of hydrogen-bond acceptors (Lipinski definition) is 3. The summed E-state index contributed by atoms with van der Waals surface area (Å²) in [6.45, 7) is 0.716. The first-order valence-electron chi connectivity index (χ1n) is 6.36. The highest BCUT2D eigenvalue weighted by molar-refractivity contribution is 6.31. The second-order valence-electron chi connectivity index (χ2n) is 4.66. The summed E-state index contributed by atoms with van der Waals surface area (Å²) in [4.78, 5) is 0. The van der Waals surface area contributed by atoms with E-state index in [0.717, 1.165) is 38.9 Å². The summed E-state index contributed by atoms with van der Waals surface area (Å²) in [7, 11) is 1.65. The highest BCUT2D eigenvalue weighted by Gasteiger charge is 2.19. The van der Waals surface area contributed by atoms with Crippen LogP contribution < -0.4 is 15.8 Å². The van der Waals surface area contributed by atoms with Gasteiger partial charge < -0.3 is 15.8 Å². The molecule has 3 rings (SSSR count). The van der Waals surface area contributed by atoms with Crippen LogP contribution in [0.25, 0.3) is 11.3 Å². The van der Waals surface area contributed by atoms with Crippen LogP contribution in [0.4, 0.5) is 5.69 Å². The predicted octanol–water partition coefficient (Wildman–Crippen LogP) is 3.60. The molecule has 0 spiro atoms. The summed E-state index contributed by atoms with van der Waals surface area (Å²) in [5.41, 5.74) is 11.3. The minimum atomic E-state index is 0.716. The van der Waals surface area contributed by atoms with Crippen LogP contribution in [0, 0.1) is 0 Å². The summed E-state index contributed by atoms with van der Waals surface area (Å²) < 4.78 is 5.16. The third-order valence-electron chi connectivity index (χ3n) is 3.49. The van der Waals surface area contributed by atoms with E-state index in [4.69, 9.17) is 22.1 Å². The number of nitrogens with two attached hydrogens (primary N) is 1. The van der Waals surface area contributed by atoms with Gasteiger partial charge in [-0.1, -0.05) is 17.7 Å². The molecule has 0 fully saturated rings. The van der Waals surface area contributed by atoms with Gasteiger partial charge in [-0.15, -0.1) is 0 Å². The van der Waals surface area contributed by atoms with Gasteiger partial charge in [-0.3, -0.25) is 0 Å². The fraction of sp³-hybridized carbons (Fsp3) is 0.125. The van der Waals surface area contributed by atoms with E-state index in [1.54, 1.807) is 7.11 Å². The molecule has 3 nitrogen and oxygen atoms in total. The molecule has 1 heterocycles. The van der Waals surface area contributed by atoms with Gasteiger partial charge in [0.25, 0.3) is 0 Å². The van der Waals surface area contributed by atoms with Gasteiger partial charge in [0.05, 0.1) is 7.11 Å². The zero-order chi connectivity index (χ0) is 14.1. The standard InChI is InChI=1S/C16H15ClN2O/c1-20-12-5-2-10(3-6-12)16(18)14-9-19-15-8-11(17)4-7-13(14)15/h2-8,19H,9,18H2,1H3. The maximum absolute atomic E-state index is 6.31. The van der Waals surface area contributed by atoms with Crippen LogP contribution >= 0.6 is 11.6 Å². The molecule has 1 aliphatic heterocycles. The van der Waals surface area contributed by atoms with Crippen molar-refractivity contribution in [3.63, 3.8) is 0 Å². The minimum Gasteiger partial charge on any atom is -0.497 e. The van der Waals surface area contributed by atoms with Crippen molar-refractivity contribution in [3.05, 3.63) is 58.6 Å². The minimum absolute atomic E-state index is 0.716. The Hall–Kier alpha value is -2.13. The third kappa shape index (κ3) is 2.21. The van der Waals surface area contributed by atoms with Crippen molar-refractivity contribution in [2.45, 2.75) is 0 Å². The topological polar surface area (TPSA) is 47.3 Å². The molecule has 1 aliphatic rings. The third-order valence-corrected chi connectivity index (χ3v) is 3.72. The number of rotatable bonds is 2. The van der Waals surface area contributed by atoms with E-state index in [0.29, 0.717) is 6.54 Å². The predicted molar refractivity (Wildman–Crippen MR) is 83.9 cm³/mol. The Kier molecular flexibility index (Phi) is 3.28. The second-order valence-corrected chi connectivity index (χ2v) is 5.10. The average Bonchev–Trinajstić information content (AvgIpc) is 2.89. The zero-order valence-corrected chi connectivity index (χ0v) is 11.9. The molecule has 0 amide bonds. The smallest absolute Gasteiger partial charge is 0.118 e. The zero-order valence-electron chi connectivity index (χ0n) is 11.1. The molecule has 2 aromatic rings. The molecule has 0 saturated heterocycles. The molecule has 2 aromatic carbocycles. The van der Waals surface area contributed by atoms with Gasteiger partial charge in [0.2, 0.25) is 0 Å². The summed E-state index contributed by atoms with van der Waals surface area (Å²) >= 11 is 6.00. The lowest BCUT2D eigenvalue weighted by atomic mass is 10.0. The fourth-order valence-corrected chi connectivity index (χ4v) is 2.56. The van der Waals surface area contributed by atoms with E-state index in [9.17, 15) is 0 Å². The van der Waals surface area contributed by atoms with Crippen molar-refractivity contribution in [2.75, 3.05) is 19.0 Å². The van der Waals surface area contributed by atoms with Gasteiger partial charge in [0, 0.05) is 34.1 Å². The molecular weight excluding hydrogens is 272 g/mol. The summed E-state index contributed by atoms with van der Waals surface area (Å²) in [5, 5.41) is 4.04. The molecule has 0 aliphatic carbocycles. The number of hydrogen-bond donors (Lipinski definition) is 2. The van der Waals surface area contributed by atoms with Gasteiger partial charge >= 0.3 is 0 Å². The van der Waals surface area contributed by atoms with E-state index in [2.05, 4.69) is 5.32 Å². The Morgan fingerprint density at radius 1 is 1.20 bits per heavy atom. The average molecular weight is 287 g/mol. The molecule has 4 heteroatoms. The van der Waals surface area contributed by atoms with Gasteiger partial charge in [-0.2, -0.15) is 0 Å². The number of benzene rings is 2. The Balaban J connectivity index is 2.03. The van der Waals surface area contributed by atoms with Crippen LogP contribution in [0.5, 0.6) is 5.75 Å². The van der Waals surface area contributed by atoms with Gasteiger partial charge in [0.15, 0.2) is 0 Å². The molecule has 102 valence electrons. The number of methoxy groups -OCH3 is 1. The Bertz CT molecular complexity index is 677. The molecule has 3 N–H and O–H groups in total. The van der Waals surface area contributed by atoms with E-state index in [1.807, 2.05) is 42.5 Å². The van der Waals surface area contributed by atoms with Crippen LogP contribution in [0.1, 0.15) is 11.1 Å². The van der Waals surface area contributed by atoms with Crippen LogP contribution in [-0.2, 0) is 0 Å². The number of halogens is 1. The maximum atomic E-state index is 6.31. The van der Waals surface area contributed by atoms with Crippen LogP contribution in [0.3, 0.4) is 0 Å². The largest absolute Gasteiger partial charge is 0.497 e. The summed E-state index contributed by atoms with van der Waals surface area (Å²) in [6.07, 6.45) is 0. The Morgan fingerprint density at radius 3 is 2.65 bits per heavy atom. The summed E-state index contributed by atoms with van der Waals surface area (Å²) in [5.74, 6) is 0.822. The molecule has 0 radical (unpaired) electrons. The van der Waals surface area contributed by atoms with Crippen LogP contribution in [0.2, 0.25) is 5.02 Å². The van der Waals surface area contributed by atoms with E-state index in [1.165, 1.54) is 0 Å². The van der Waals surface area contributed by atoms with Crippen molar-refractivity contribution < 1.29 is 4.74 Å². The van der Waals surface area contributed by atoms with E-state index >= 15 is 0 Å². The molecule has 0 bridgehead atoms. The molecule has 0 unspecified atom stereocenters. The van der Waals surface area contributed by atoms with Gasteiger partial charge in [0.1, 0.15) is 5.75 Å². The maximum Gasteiger partial charge on any atom is 0.118 e. The molecular formula is C16H15ClN2O. The van der Waals surface area contributed by atoms with Crippen LogP contribution in [0.15, 0.2) is 42.5 Å². The number of anilines is 1. The second kappa shape index (κ2) is 5.10. The molecule has 20 heavy (non-hydrogen) atoms. The highest BCUT2D eigenvalue weighted by atomic mass is 35.5. The van der Waals surface area contributed by atoms with Crippen molar-refractivity contribution in [1.82, 2.24) is 0 Å². The van der Waals surface area contributed by atoms with Crippen LogP contribution in [-0.4, -0.2) is 13.7 Å². The van der Waals surface area contributed by atoms with Crippen molar-refractivity contribution >= 4 is 28.6 Å². The number of ether oxygens (including phenoxy) is 1. The quantitative estimate of drug-likeness (QED) is 0.887. The van der Waals surface area contributed by atoms with E-state index in [-0.39, 0.29) is 0 Å². The van der Waals surface area contributed by atoms with E-state index < -0.39 is 0 Å². The molecule has 0 atom stereocenters. The number of fused-ring (bicyclic) bond motifs is 1. The Labute approximate surface area is 123 Å². The van der Waals surface area contributed by atoms with Crippen molar-refractivity contribution in [2.24, 2.45) is 5.73 Å². The van der Waals surface area contributed by atoms with Crippen molar-refractivity contribution in [3.8, 4) is 5.75 Å². The first-order chi connectivity index (χ1) is 9.69. The lowest BCUT2D eigenvalue weighted by Crippen LogP contribution is -2.03. The van der Waals surface area contributed by atoms with Gasteiger partial charge in [-0.05, 0) is 42.0 Å². The Morgan fingerprint density at radius 2 is 1.95 bits per heavy atom. The normalized spacial score (nSPS) is 15.5.